The van der Waals surface area contributed by atoms with Gasteiger partial charge in [0.15, 0.2) is 0 Å². The van der Waals surface area contributed by atoms with Gasteiger partial charge in [-0.3, -0.25) is 9.97 Å². The number of hydrogen-bond acceptors (Lipinski definition) is 4. The Morgan fingerprint density at radius 1 is 1.21 bits per heavy atom. The lowest BCUT2D eigenvalue weighted by molar-refractivity contribution is 0.778. The molecule has 0 aliphatic rings. The zero-order valence-electron chi connectivity index (χ0n) is 11.5. The number of pyridine rings is 2. The summed E-state index contributed by atoms with van der Waals surface area (Å²) in [7, 11) is 2.07. The van der Waals surface area contributed by atoms with Crippen molar-refractivity contribution in [3.63, 3.8) is 0 Å². The van der Waals surface area contributed by atoms with Gasteiger partial charge in [-0.2, -0.15) is 0 Å². The highest BCUT2D eigenvalue weighted by Crippen LogP contribution is 2.14. The molecule has 2 aromatic heterocycles. The van der Waals surface area contributed by atoms with E-state index in [9.17, 15) is 0 Å². The molecule has 0 aliphatic carbocycles. The molecule has 1 unspecified atom stereocenters. The van der Waals surface area contributed by atoms with E-state index < -0.39 is 0 Å². The second-order valence-corrected chi connectivity index (χ2v) is 4.76. The van der Waals surface area contributed by atoms with Crippen LogP contribution in [0.2, 0.25) is 0 Å². The number of aromatic nitrogens is 2. The van der Waals surface area contributed by atoms with Crippen LogP contribution >= 0.6 is 0 Å². The van der Waals surface area contributed by atoms with Crippen LogP contribution in [0.1, 0.15) is 24.2 Å². The molecule has 19 heavy (non-hydrogen) atoms. The van der Waals surface area contributed by atoms with Crippen LogP contribution in [0.5, 0.6) is 0 Å². The molecule has 1 atom stereocenters. The van der Waals surface area contributed by atoms with Crippen LogP contribution in [-0.2, 0) is 6.42 Å². The normalized spacial score (nSPS) is 12.2. The van der Waals surface area contributed by atoms with Gasteiger partial charge >= 0.3 is 0 Å². The lowest BCUT2D eigenvalue weighted by atomic mass is 10.2. The molecule has 0 saturated carbocycles. The molecule has 100 valence electrons. The lowest BCUT2D eigenvalue weighted by Crippen LogP contribution is -2.20. The second kappa shape index (κ2) is 6.29. The minimum absolute atomic E-state index is 0.0174. The van der Waals surface area contributed by atoms with Crippen molar-refractivity contribution in [2.75, 3.05) is 18.5 Å². The number of likely N-dealkylation sites (N-methyl/N-ethyl adjacent to an activating group) is 1. The van der Waals surface area contributed by atoms with Crippen molar-refractivity contribution >= 4 is 5.69 Å². The Kier molecular flexibility index (Phi) is 4.47. The van der Waals surface area contributed by atoms with Crippen LogP contribution in [0.25, 0.3) is 0 Å². The molecule has 2 rings (SSSR count). The molecule has 0 amide bonds. The number of nitrogens with zero attached hydrogens (tertiary/aromatic N) is 3. The number of nitrogens with two attached hydrogens (primary N) is 1. The smallest absolute Gasteiger partial charge is 0.0569 e. The number of rotatable bonds is 5. The molecular formula is C15H20N4. The Morgan fingerprint density at radius 2 is 1.95 bits per heavy atom. The quantitative estimate of drug-likeness (QED) is 0.891. The van der Waals surface area contributed by atoms with Gasteiger partial charge in [0.2, 0.25) is 0 Å². The monoisotopic (exact) mass is 256 g/mol. The summed E-state index contributed by atoms with van der Waals surface area (Å²) in [5, 5.41) is 0. The molecule has 2 heterocycles. The van der Waals surface area contributed by atoms with Crippen molar-refractivity contribution in [1.29, 1.82) is 0 Å². The van der Waals surface area contributed by atoms with E-state index >= 15 is 0 Å². The molecule has 0 bridgehead atoms. The Bertz CT molecular complexity index is 493. The Morgan fingerprint density at radius 3 is 2.53 bits per heavy atom. The predicted octanol–water partition coefficient (Wildman–Crippen LogP) is 2.18. The standard InChI is InChI=1S/C15H20N4/c1-12(16)15-4-3-14(11-18-15)19(2)10-7-13-5-8-17-9-6-13/h3-6,8-9,11-12H,7,10,16H2,1-2H3. The van der Waals surface area contributed by atoms with Gasteiger partial charge in [0, 0.05) is 32.0 Å². The van der Waals surface area contributed by atoms with Gasteiger partial charge in [-0.15, -0.1) is 0 Å². The first-order chi connectivity index (χ1) is 9.16. The van der Waals surface area contributed by atoms with Gasteiger partial charge in [0.25, 0.3) is 0 Å². The third kappa shape index (κ3) is 3.76. The summed E-state index contributed by atoms with van der Waals surface area (Å²) in [6.45, 7) is 2.89. The minimum Gasteiger partial charge on any atom is -0.373 e. The fourth-order valence-corrected chi connectivity index (χ4v) is 1.87. The van der Waals surface area contributed by atoms with Crippen LogP contribution < -0.4 is 10.6 Å². The van der Waals surface area contributed by atoms with Crippen LogP contribution in [0.3, 0.4) is 0 Å². The fourth-order valence-electron chi connectivity index (χ4n) is 1.87. The van der Waals surface area contributed by atoms with E-state index in [1.807, 2.05) is 43.7 Å². The van der Waals surface area contributed by atoms with Crippen molar-refractivity contribution in [2.45, 2.75) is 19.4 Å². The second-order valence-electron chi connectivity index (χ2n) is 4.76. The van der Waals surface area contributed by atoms with Crippen LogP contribution in [0.15, 0.2) is 42.9 Å². The maximum absolute atomic E-state index is 5.79. The summed E-state index contributed by atoms with van der Waals surface area (Å²) in [6.07, 6.45) is 6.53. The first-order valence-corrected chi connectivity index (χ1v) is 6.48. The first kappa shape index (κ1) is 13.5. The molecule has 0 fully saturated rings. The van der Waals surface area contributed by atoms with E-state index in [-0.39, 0.29) is 6.04 Å². The number of hydrogen-bond donors (Lipinski definition) is 1. The topological polar surface area (TPSA) is 55.0 Å². The van der Waals surface area contributed by atoms with Gasteiger partial charge in [-0.25, -0.2) is 0 Å². The summed E-state index contributed by atoms with van der Waals surface area (Å²) >= 11 is 0. The Balaban J connectivity index is 1.94. The van der Waals surface area contributed by atoms with Crippen molar-refractivity contribution in [2.24, 2.45) is 5.73 Å². The number of anilines is 1. The van der Waals surface area contributed by atoms with E-state index in [1.165, 1.54) is 5.56 Å². The molecule has 0 spiro atoms. The third-order valence-electron chi connectivity index (χ3n) is 3.16. The first-order valence-electron chi connectivity index (χ1n) is 6.48. The highest BCUT2D eigenvalue weighted by molar-refractivity contribution is 5.44. The highest BCUT2D eigenvalue weighted by atomic mass is 15.1. The zero-order valence-corrected chi connectivity index (χ0v) is 11.5. The van der Waals surface area contributed by atoms with Crippen molar-refractivity contribution in [1.82, 2.24) is 9.97 Å². The van der Waals surface area contributed by atoms with E-state index in [0.29, 0.717) is 0 Å². The SMILES string of the molecule is CC(N)c1ccc(N(C)CCc2ccncc2)cn1. The Hall–Kier alpha value is -1.94. The lowest BCUT2D eigenvalue weighted by Gasteiger charge is -2.19. The molecular weight excluding hydrogens is 236 g/mol. The van der Waals surface area contributed by atoms with Crippen molar-refractivity contribution in [3.8, 4) is 0 Å². The molecule has 2 aromatic rings. The summed E-state index contributed by atoms with van der Waals surface area (Å²) in [4.78, 5) is 10.6. The van der Waals surface area contributed by atoms with Gasteiger partial charge < -0.3 is 10.6 Å². The average Bonchev–Trinajstić information content (AvgIpc) is 2.46. The maximum atomic E-state index is 5.79. The van der Waals surface area contributed by atoms with Gasteiger partial charge in [0.05, 0.1) is 17.6 Å². The highest BCUT2D eigenvalue weighted by Gasteiger charge is 2.04. The molecule has 0 aliphatic heterocycles. The van der Waals surface area contributed by atoms with Crippen LogP contribution in [0, 0.1) is 0 Å². The van der Waals surface area contributed by atoms with E-state index in [4.69, 9.17) is 5.73 Å². The predicted molar refractivity (Wildman–Crippen MR) is 78.1 cm³/mol. The summed E-state index contributed by atoms with van der Waals surface area (Å²) < 4.78 is 0. The maximum Gasteiger partial charge on any atom is 0.0569 e. The molecule has 0 saturated heterocycles. The van der Waals surface area contributed by atoms with Crippen LogP contribution in [0.4, 0.5) is 5.69 Å². The fraction of sp³-hybridized carbons (Fsp3) is 0.333. The van der Waals surface area contributed by atoms with Gasteiger partial charge in [-0.05, 0) is 43.2 Å². The van der Waals surface area contributed by atoms with Crippen molar-refractivity contribution in [3.05, 3.63) is 54.1 Å². The summed E-state index contributed by atoms with van der Waals surface area (Å²) in [5.74, 6) is 0. The molecule has 4 heteroatoms. The van der Waals surface area contributed by atoms with E-state index in [2.05, 4.69) is 28.0 Å². The Labute approximate surface area is 114 Å². The molecule has 0 aromatic carbocycles. The van der Waals surface area contributed by atoms with E-state index in [0.717, 1.165) is 24.3 Å². The van der Waals surface area contributed by atoms with Crippen molar-refractivity contribution < 1.29 is 0 Å². The molecule has 2 N–H and O–H groups in total. The van der Waals surface area contributed by atoms with Gasteiger partial charge in [-0.1, -0.05) is 0 Å². The minimum atomic E-state index is -0.0174. The van der Waals surface area contributed by atoms with Gasteiger partial charge in [0.1, 0.15) is 0 Å². The van der Waals surface area contributed by atoms with E-state index in [1.54, 1.807) is 0 Å². The largest absolute Gasteiger partial charge is 0.373 e. The zero-order chi connectivity index (χ0) is 13.7. The molecule has 4 nitrogen and oxygen atoms in total. The van der Waals surface area contributed by atoms with Crippen LogP contribution in [-0.4, -0.2) is 23.6 Å². The summed E-state index contributed by atoms with van der Waals surface area (Å²) in [6, 6.07) is 8.13. The third-order valence-corrected chi connectivity index (χ3v) is 3.16. The molecule has 0 radical (unpaired) electrons. The average molecular weight is 256 g/mol. The summed E-state index contributed by atoms with van der Waals surface area (Å²) in [5.41, 5.74) is 9.12.